The monoisotopic (exact) mass is 432 g/mol. The minimum Gasteiger partial charge on any atom is -0.501 e. The maximum absolute atomic E-state index is 13.0. The molecule has 1 aromatic carbocycles. The number of likely N-dealkylation sites (N-methyl/N-ethyl adjacent to an activating group) is 1. The second-order valence-electron chi connectivity index (χ2n) is 7.19. The zero-order valence-corrected chi connectivity index (χ0v) is 17.3. The Morgan fingerprint density at radius 1 is 1.16 bits per heavy atom. The molecule has 31 heavy (non-hydrogen) atoms. The quantitative estimate of drug-likeness (QED) is 0.554. The highest BCUT2D eigenvalue weighted by Crippen LogP contribution is 2.30. The number of carbonyl (C=O) groups is 2. The van der Waals surface area contributed by atoms with Gasteiger partial charge in [-0.1, -0.05) is 12.1 Å². The third-order valence-electron chi connectivity index (χ3n) is 5.03. The average molecular weight is 432 g/mol. The molecule has 2 heterocycles. The zero-order valence-electron chi connectivity index (χ0n) is 17.3. The van der Waals surface area contributed by atoms with Gasteiger partial charge in [0.2, 0.25) is 5.75 Å². The van der Waals surface area contributed by atoms with Crippen molar-refractivity contribution in [1.82, 2.24) is 30.4 Å². The lowest BCUT2D eigenvalue weighted by atomic mass is 10.1. The fourth-order valence-corrected chi connectivity index (χ4v) is 3.24. The highest BCUT2D eigenvalue weighted by molar-refractivity contribution is 5.95. The fourth-order valence-electron chi connectivity index (χ4n) is 3.24. The van der Waals surface area contributed by atoms with Crippen LogP contribution in [0.25, 0.3) is 0 Å². The van der Waals surface area contributed by atoms with Crippen LogP contribution in [-0.4, -0.2) is 75.1 Å². The second-order valence-corrected chi connectivity index (χ2v) is 7.19. The van der Waals surface area contributed by atoms with Crippen molar-refractivity contribution in [2.45, 2.75) is 19.5 Å². The van der Waals surface area contributed by atoms with Gasteiger partial charge < -0.3 is 25.7 Å². The van der Waals surface area contributed by atoms with Gasteiger partial charge in [-0.15, -0.1) is 0 Å². The van der Waals surface area contributed by atoms with Crippen LogP contribution in [0, 0.1) is 5.82 Å². The molecule has 10 nitrogen and oxygen atoms in total. The van der Waals surface area contributed by atoms with E-state index in [1.165, 1.54) is 24.3 Å². The highest BCUT2D eigenvalue weighted by atomic mass is 19.1. The number of nitrogens with one attached hydrogen (secondary N) is 2. The molecular formula is C20H25FN6O4. The van der Waals surface area contributed by atoms with Crippen LogP contribution in [0.4, 0.5) is 9.18 Å². The molecule has 1 aromatic heterocycles. The number of carbonyl (C=O) groups excluding carboxylic acids is 2. The van der Waals surface area contributed by atoms with E-state index >= 15 is 0 Å². The predicted octanol–water partition coefficient (Wildman–Crippen LogP) is 0.975. The molecule has 0 bridgehead atoms. The Morgan fingerprint density at radius 3 is 2.55 bits per heavy atom. The van der Waals surface area contributed by atoms with Crippen LogP contribution >= 0.6 is 0 Å². The average Bonchev–Trinajstić information content (AvgIpc) is 2.75. The van der Waals surface area contributed by atoms with E-state index in [-0.39, 0.29) is 30.6 Å². The molecule has 0 radical (unpaired) electrons. The molecule has 1 aliphatic heterocycles. The molecule has 0 saturated carbocycles. The molecule has 1 fully saturated rings. The van der Waals surface area contributed by atoms with Crippen molar-refractivity contribution in [2.24, 2.45) is 0 Å². The number of benzene rings is 1. The maximum Gasteiger partial charge on any atom is 0.317 e. The van der Waals surface area contributed by atoms with E-state index in [0.29, 0.717) is 25.2 Å². The Morgan fingerprint density at radius 2 is 1.87 bits per heavy atom. The lowest BCUT2D eigenvalue weighted by Gasteiger charge is -2.38. The molecular weight excluding hydrogens is 407 g/mol. The summed E-state index contributed by atoms with van der Waals surface area (Å²) in [4.78, 5) is 36.4. The van der Waals surface area contributed by atoms with Crippen LogP contribution in [-0.2, 0) is 6.54 Å². The van der Waals surface area contributed by atoms with Crippen LogP contribution in [0.2, 0.25) is 0 Å². The van der Waals surface area contributed by atoms with Gasteiger partial charge in [-0.25, -0.2) is 14.2 Å². The summed E-state index contributed by atoms with van der Waals surface area (Å²) in [6.07, 6.45) is 0. The number of hydrogen-bond donors (Lipinski definition) is 4. The molecule has 0 aliphatic carbocycles. The molecule has 11 heteroatoms. The minimum absolute atomic E-state index is 0.0763. The Balaban J connectivity index is 1.80. The smallest absolute Gasteiger partial charge is 0.317 e. The Hall–Kier alpha value is -3.47. The SMILES string of the molecule is CCNC(=O)N1CCN(C)C(c2nc(O)c(O)c(C(=O)NCc3ccc(F)cc3)n2)C1. The lowest BCUT2D eigenvalue weighted by molar-refractivity contribution is 0.0931. The van der Waals surface area contributed by atoms with Crippen molar-refractivity contribution in [2.75, 3.05) is 33.2 Å². The van der Waals surface area contributed by atoms with Gasteiger partial charge in [0.25, 0.3) is 11.8 Å². The van der Waals surface area contributed by atoms with Crippen molar-refractivity contribution in [3.8, 4) is 11.6 Å². The number of hydrogen-bond acceptors (Lipinski definition) is 7. The van der Waals surface area contributed by atoms with Crippen molar-refractivity contribution < 1.29 is 24.2 Å². The predicted molar refractivity (Wildman–Crippen MR) is 109 cm³/mol. The molecule has 1 atom stereocenters. The topological polar surface area (TPSA) is 131 Å². The first-order valence-electron chi connectivity index (χ1n) is 9.85. The van der Waals surface area contributed by atoms with E-state index in [4.69, 9.17) is 0 Å². The Kier molecular flexibility index (Phi) is 6.85. The number of rotatable bonds is 5. The van der Waals surface area contributed by atoms with Gasteiger partial charge >= 0.3 is 6.03 Å². The van der Waals surface area contributed by atoms with Crippen molar-refractivity contribution in [3.05, 3.63) is 47.2 Å². The first-order chi connectivity index (χ1) is 14.8. The van der Waals surface area contributed by atoms with Crippen molar-refractivity contribution in [1.29, 1.82) is 0 Å². The Labute approximate surface area is 178 Å². The summed E-state index contributed by atoms with van der Waals surface area (Å²) in [5, 5.41) is 25.5. The second kappa shape index (κ2) is 9.56. The summed E-state index contributed by atoms with van der Waals surface area (Å²) < 4.78 is 13.0. The summed E-state index contributed by atoms with van der Waals surface area (Å²) in [7, 11) is 1.82. The number of aromatic nitrogens is 2. The largest absolute Gasteiger partial charge is 0.501 e. The number of aromatic hydroxyl groups is 2. The molecule has 166 valence electrons. The van der Waals surface area contributed by atoms with Gasteiger partial charge in [0.05, 0.1) is 6.04 Å². The minimum atomic E-state index is -0.737. The van der Waals surface area contributed by atoms with Gasteiger partial charge in [-0.05, 0) is 31.7 Å². The Bertz CT molecular complexity index is 955. The van der Waals surface area contributed by atoms with Gasteiger partial charge in [-0.3, -0.25) is 9.69 Å². The standard InChI is InChI=1S/C20H25FN6O4/c1-3-22-20(31)27-9-8-26(2)14(11-27)17-24-15(16(28)19(30)25-17)18(29)23-10-12-4-6-13(21)7-5-12/h4-7,14,28H,3,8-11H2,1-2H3,(H,22,31)(H,23,29)(H,24,25,30). The summed E-state index contributed by atoms with van der Waals surface area (Å²) >= 11 is 0. The maximum atomic E-state index is 13.0. The molecule has 1 saturated heterocycles. The lowest BCUT2D eigenvalue weighted by Crippen LogP contribution is -2.52. The number of urea groups is 1. The number of halogens is 1. The third-order valence-corrected chi connectivity index (χ3v) is 5.03. The van der Waals surface area contributed by atoms with Crippen LogP contribution < -0.4 is 10.6 Å². The first-order valence-corrected chi connectivity index (χ1v) is 9.85. The highest BCUT2D eigenvalue weighted by Gasteiger charge is 2.32. The van der Waals surface area contributed by atoms with E-state index in [2.05, 4.69) is 20.6 Å². The third kappa shape index (κ3) is 5.18. The fraction of sp³-hybridized carbons (Fsp3) is 0.400. The summed E-state index contributed by atoms with van der Waals surface area (Å²) in [5.41, 5.74) is 0.269. The van der Waals surface area contributed by atoms with E-state index in [1.54, 1.807) is 4.90 Å². The summed E-state index contributed by atoms with van der Waals surface area (Å²) in [6.45, 7) is 3.69. The molecule has 2 aromatic rings. The molecule has 4 N–H and O–H groups in total. The molecule has 3 amide bonds. The number of nitrogens with zero attached hydrogens (tertiary/aromatic N) is 4. The number of amides is 3. The van der Waals surface area contributed by atoms with Crippen LogP contribution in [0.15, 0.2) is 24.3 Å². The van der Waals surface area contributed by atoms with Crippen molar-refractivity contribution in [3.63, 3.8) is 0 Å². The van der Waals surface area contributed by atoms with Crippen LogP contribution in [0.1, 0.15) is 34.8 Å². The van der Waals surface area contributed by atoms with Crippen molar-refractivity contribution >= 4 is 11.9 Å². The molecule has 0 spiro atoms. The summed E-state index contributed by atoms with van der Waals surface area (Å²) in [5.74, 6) is -2.46. The molecule has 3 rings (SSSR count). The summed E-state index contributed by atoms with van der Waals surface area (Å²) in [6, 6.07) is 4.88. The first kappa shape index (κ1) is 22.2. The van der Waals surface area contributed by atoms with E-state index in [9.17, 15) is 24.2 Å². The molecule has 1 aliphatic rings. The van der Waals surface area contributed by atoms with Gasteiger partial charge in [0, 0.05) is 32.7 Å². The molecule has 1 unspecified atom stereocenters. The number of piperazine rings is 1. The van der Waals surface area contributed by atoms with E-state index in [1.807, 2.05) is 18.9 Å². The normalized spacial score (nSPS) is 16.7. The van der Waals surface area contributed by atoms with Gasteiger partial charge in [-0.2, -0.15) is 4.98 Å². The van der Waals surface area contributed by atoms with E-state index in [0.717, 1.165) is 0 Å². The van der Waals surface area contributed by atoms with Gasteiger partial charge in [0.1, 0.15) is 5.82 Å². The van der Waals surface area contributed by atoms with Crippen LogP contribution in [0.3, 0.4) is 0 Å². The zero-order chi connectivity index (χ0) is 22.5. The van der Waals surface area contributed by atoms with Gasteiger partial charge in [0.15, 0.2) is 11.5 Å². The van der Waals surface area contributed by atoms with Crippen LogP contribution in [0.5, 0.6) is 11.6 Å². The van der Waals surface area contributed by atoms with E-state index < -0.39 is 29.4 Å².